The molecule has 4 rings (SSSR count). The minimum atomic E-state index is -0.738. The summed E-state index contributed by atoms with van der Waals surface area (Å²) in [5, 5.41) is 0.626. The summed E-state index contributed by atoms with van der Waals surface area (Å²) in [4.78, 5) is 27.7. The molecule has 0 bridgehead atoms. The fourth-order valence-electron chi connectivity index (χ4n) is 4.10. The van der Waals surface area contributed by atoms with Gasteiger partial charge in [-0.3, -0.25) is 0 Å². The number of hydrogen-bond donors (Lipinski definition) is 0. The van der Waals surface area contributed by atoms with Crippen LogP contribution in [0.5, 0.6) is 5.75 Å². The molecule has 36 heavy (non-hydrogen) atoms. The quantitative estimate of drug-likeness (QED) is 0.371. The monoisotopic (exact) mass is 503 g/mol. The molecule has 1 heterocycles. The summed E-state index contributed by atoms with van der Waals surface area (Å²) in [7, 11) is 2.63. The second-order valence-electron chi connectivity index (χ2n) is 8.20. The van der Waals surface area contributed by atoms with Gasteiger partial charge in [0.1, 0.15) is 12.4 Å². The smallest absolute Gasteiger partial charge is 0.336 e. The molecule has 0 fully saturated rings. The molecule has 0 N–H and O–H groups in total. The summed E-state index contributed by atoms with van der Waals surface area (Å²) < 4.78 is 16.4. The zero-order chi connectivity index (χ0) is 25.5. The van der Waals surface area contributed by atoms with Crippen LogP contribution in [0, 0.1) is 0 Å². The number of hydrogen-bond acceptors (Lipinski definition) is 6. The molecule has 0 radical (unpaired) electrons. The van der Waals surface area contributed by atoms with E-state index < -0.39 is 17.9 Å². The third-order valence-electron chi connectivity index (χ3n) is 5.82. The summed E-state index contributed by atoms with van der Waals surface area (Å²) in [6.45, 7) is 0.749. The normalized spacial score (nSPS) is 13.5. The van der Waals surface area contributed by atoms with E-state index >= 15 is 0 Å². The SMILES string of the molecule is COC(=O)C1=CN(Cc2ccc(Cl)cc2)C=C(C(=O)OC)C1c1ccccc1OCc1ccccc1. The third-order valence-corrected chi connectivity index (χ3v) is 6.07. The number of ether oxygens (including phenoxy) is 3. The Morgan fingerprint density at radius 2 is 1.36 bits per heavy atom. The van der Waals surface area contributed by atoms with Crippen molar-refractivity contribution in [2.24, 2.45) is 0 Å². The van der Waals surface area contributed by atoms with Gasteiger partial charge in [0.15, 0.2) is 0 Å². The lowest BCUT2D eigenvalue weighted by atomic mass is 9.82. The molecule has 0 saturated heterocycles. The minimum absolute atomic E-state index is 0.296. The van der Waals surface area contributed by atoms with Crippen LogP contribution in [0.2, 0.25) is 5.02 Å². The van der Waals surface area contributed by atoms with Crippen LogP contribution in [0.4, 0.5) is 0 Å². The van der Waals surface area contributed by atoms with E-state index in [1.165, 1.54) is 14.2 Å². The Kier molecular flexibility index (Phi) is 8.08. The number of para-hydroxylation sites is 1. The first kappa shape index (κ1) is 25.1. The number of methoxy groups -OCH3 is 2. The van der Waals surface area contributed by atoms with Crippen molar-refractivity contribution in [3.8, 4) is 5.75 Å². The Labute approximate surface area is 215 Å². The van der Waals surface area contributed by atoms with Crippen molar-refractivity contribution in [2.75, 3.05) is 14.2 Å². The lowest BCUT2D eigenvalue weighted by molar-refractivity contribution is -0.137. The van der Waals surface area contributed by atoms with E-state index in [0.29, 0.717) is 40.6 Å². The number of nitrogens with zero attached hydrogens (tertiary/aromatic N) is 1. The van der Waals surface area contributed by atoms with Gasteiger partial charge in [-0.25, -0.2) is 9.59 Å². The molecule has 0 spiro atoms. The van der Waals surface area contributed by atoms with Crippen LogP contribution in [0.25, 0.3) is 0 Å². The Balaban J connectivity index is 1.74. The van der Waals surface area contributed by atoms with Crippen LogP contribution in [0.15, 0.2) is 102 Å². The molecular formula is C29H26ClNO5. The van der Waals surface area contributed by atoms with Gasteiger partial charge in [0.05, 0.1) is 31.3 Å². The van der Waals surface area contributed by atoms with Gasteiger partial charge in [-0.2, -0.15) is 0 Å². The molecule has 0 aliphatic carbocycles. The Morgan fingerprint density at radius 1 is 0.778 bits per heavy atom. The van der Waals surface area contributed by atoms with Crippen molar-refractivity contribution >= 4 is 23.5 Å². The maximum Gasteiger partial charge on any atom is 0.336 e. The van der Waals surface area contributed by atoms with E-state index in [4.69, 9.17) is 25.8 Å². The number of benzene rings is 3. The van der Waals surface area contributed by atoms with E-state index in [9.17, 15) is 9.59 Å². The Morgan fingerprint density at radius 3 is 1.97 bits per heavy atom. The van der Waals surface area contributed by atoms with Crippen molar-refractivity contribution in [2.45, 2.75) is 19.1 Å². The maximum absolute atomic E-state index is 13.0. The number of esters is 2. The van der Waals surface area contributed by atoms with E-state index in [1.54, 1.807) is 29.4 Å². The molecule has 0 unspecified atom stereocenters. The zero-order valence-corrected chi connectivity index (χ0v) is 20.8. The van der Waals surface area contributed by atoms with Gasteiger partial charge >= 0.3 is 11.9 Å². The van der Waals surface area contributed by atoms with Crippen molar-refractivity contribution in [1.82, 2.24) is 4.90 Å². The van der Waals surface area contributed by atoms with Gasteiger partial charge in [-0.05, 0) is 29.3 Å². The molecule has 7 heteroatoms. The van der Waals surface area contributed by atoms with E-state index in [1.807, 2.05) is 66.7 Å². The lowest BCUT2D eigenvalue weighted by Crippen LogP contribution is -2.29. The number of carbonyl (C=O) groups is 2. The summed E-state index contributed by atoms with van der Waals surface area (Å²) in [6.07, 6.45) is 3.40. The van der Waals surface area contributed by atoms with Gasteiger partial charge in [0, 0.05) is 29.5 Å². The Bertz CT molecular complexity index is 1250. The maximum atomic E-state index is 13.0. The predicted molar refractivity (Wildman–Crippen MR) is 137 cm³/mol. The largest absolute Gasteiger partial charge is 0.489 e. The molecular weight excluding hydrogens is 478 g/mol. The van der Waals surface area contributed by atoms with Crippen molar-refractivity contribution < 1.29 is 23.8 Å². The van der Waals surface area contributed by atoms with Crippen molar-refractivity contribution in [1.29, 1.82) is 0 Å². The summed E-state index contributed by atoms with van der Waals surface area (Å²) >= 11 is 6.02. The van der Waals surface area contributed by atoms with Gasteiger partial charge in [-0.1, -0.05) is 72.3 Å². The molecule has 3 aromatic carbocycles. The topological polar surface area (TPSA) is 65.1 Å². The zero-order valence-electron chi connectivity index (χ0n) is 20.0. The second-order valence-corrected chi connectivity index (χ2v) is 8.63. The van der Waals surface area contributed by atoms with E-state index in [0.717, 1.165) is 11.1 Å². The number of halogens is 1. The first-order valence-corrected chi connectivity index (χ1v) is 11.7. The van der Waals surface area contributed by atoms with E-state index in [-0.39, 0.29) is 0 Å². The average Bonchev–Trinajstić information content (AvgIpc) is 2.92. The number of rotatable bonds is 8. The lowest BCUT2D eigenvalue weighted by Gasteiger charge is -2.31. The van der Waals surface area contributed by atoms with Crippen LogP contribution in [-0.2, 0) is 32.2 Å². The first-order chi connectivity index (χ1) is 17.5. The minimum Gasteiger partial charge on any atom is -0.489 e. The highest BCUT2D eigenvalue weighted by atomic mass is 35.5. The summed E-state index contributed by atoms with van der Waals surface area (Å²) in [6, 6.07) is 24.5. The predicted octanol–water partition coefficient (Wildman–Crippen LogP) is 5.63. The van der Waals surface area contributed by atoms with Crippen LogP contribution < -0.4 is 4.74 Å². The second kappa shape index (κ2) is 11.6. The highest BCUT2D eigenvalue weighted by Gasteiger charge is 2.36. The molecule has 184 valence electrons. The van der Waals surface area contributed by atoms with Crippen LogP contribution in [0.1, 0.15) is 22.6 Å². The highest BCUT2D eigenvalue weighted by Crippen LogP contribution is 2.41. The fraction of sp³-hybridized carbons (Fsp3) is 0.172. The van der Waals surface area contributed by atoms with Crippen molar-refractivity contribution in [3.63, 3.8) is 0 Å². The molecule has 6 nitrogen and oxygen atoms in total. The van der Waals surface area contributed by atoms with Crippen LogP contribution in [-0.4, -0.2) is 31.1 Å². The standard InChI is InChI=1S/C29H26ClNO5/c1-34-28(32)24-17-31(16-20-12-14-22(30)15-13-20)18-25(29(33)35-2)27(24)23-10-6-7-11-26(23)36-19-21-8-4-3-5-9-21/h3-15,17-18,27H,16,19H2,1-2H3. The first-order valence-electron chi connectivity index (χ1n) is 11.4. The Hall–Kier alpha value is -4.03. The number of carbonyl (C=O) groups excluding carboxylic acids is 2. The van der Waals surface area contributed by atoms with Crippen LogP contribution >= 0.6 is 11.6 Å². The van der Waals surface area contributed by atoms with Gasteiger partial charge in [0.2, 0.25) is 0 Å². The third kappa shape index (κ3) is 5.78. The molecule has 0 saturated carbocycles. The molecule has 0 aromatic heterocycles. The molecule has 3 aromatic rings. The average molecular weight is 504 g/mol. The van der Waals surface area contributed by atoms with Gasteiger partial charge < -0.3 is 19.1 Å². The molecule has 1 aliphatic rings. The van der Waals surface area contributed by atoms with Gasteiger partial charge in [-0.15, -0.1) is 0 Å². The van der Waals surface area contributed by atoms with Crippen LogP contribution in [0.3, 0.4) is 0 Å². The summed E-state index contributed by atoms with van der Waals surface area (Å²) in [5.41, 5.74) is 3.20. The van der Waals surface area contributed by atoms with Crippen molar-refractivity contribution in [3.05, 3.63) is 124 Å². The molecule has 0 amide bonds. The molecule has 0 atom stereocenters. The highest BCUT2D eigenvalue weighted by molar-refractivity contribution is 6.30. The molecule has 1 aliphatic heterocycles. The van der Waals surface area contributed by atoms with Gasteiger partial charge in [0.25, 0.3) is 0 Å². The fourth-order valence-corrected chi connectivity index (χ4v) is 4.23. The summed E-state index contributed by atoms with van der Waals surface area (Å²) in [5.74, 6) is -1.28. The van der Waals surface area contributed by atoms with E-state index in [2.05, 4.69) is 0 Å².